The van der Waals surface area contributed by atoms with Gasteiger partial charge in [0.15, 0.2) is 0 Å². The van der Waals surface area contributed by atoms with Gasteiger partial charge in [0.25, 0.3) is 0 Å². The summed E-state index contributed by atoms with van der Waals surface area (Å²) in [6, 6.07) is 62.3. The Bertz CT molecular complexity index is 2150. The van der Waals surface area contributed by atoms with E-state index in [4.69, 9.17) is 17.0 Å². The Morgan fingerprint density at radius 2 is 0.717 bits per heavy atom. The van der Waals surface area contributed by atoms with Gasteiger partial charge in [0.05, 0.1) is 0 Å². The molecule has 8 aromatic carbocycles. The number of hydrogen-bond acceptors (Lipinski definition) is 0. The Labute approximate surface area is 380 Å². The maximum absolute atomic E-state index is 4.93. The van der Waals surface area contributed by atoms with Gasteiger partial charge in [-0.3, -0.25) is 0 Å². The van der Waals surface area contributed by atoms with Crippen LogP contribution in [0.4, 0.5) is 0 Å². The predicted molar refractivity (Wildman–Crippen MR) is 261 cm³/mol. The topological polar surface area (TPSA) is 0 Å². The minimum atomic E-state index is -0.826. The molecule has 2 aliphatic rings. The number of hydrogen-bond donors (Lipinski definition) is 0. The Morgan fingerprint density at radius 3 is 1.02 bits per heavy atom. The number of rotatable bonds is 8. The zero-order chi connectivity index (χ0) is 41.5. The number of benzene rings is 6. The summed E-state index contributed by atoms with van der Waals surface area (Å²) in [6.07, 6.45) is 13.7. The van der Waals surface area contributed by atoms with Crippen LogP contribution in [0.15, 0.2) is 170 Å². The number of fused-ring (bicyclic) bond motifs is 2. The van der Waals surface area contributed by atoms with Gasteiger partial charge in [-0.15, -0.1) is 44.8 Å². The van der Waals surface area contributed by atoms with Crippen molar-refractivity contribution in [2.45, 2.75) is 77.3 Å². The summed E-state index contributed by atoms with van der Waals surface area (Å²) in [7, 11) is 11.0. The van der Waals surface area contributed by atoms with Gasteiger partial charge in [0.1, 0.15) is 0 Å². The fourth-order valence-corrected chi connectivity index (χ4v) is 9.53. The van der Waals surface area contributed by atoms with E-state index in [-0.39, 0.29) is 0 Å². The molecule has 0 spiro atoms. The van der Waals surface area contributed by atoms with Gasteiger partial charge >= 0.3 is 37.9 Å². The molecule has 2 aliphatic carbocycles. The van der Waals surface area contributed by atoms with E-state index in [0.717, 1.165) is 21.4 Å². The molecule has 0 heterocycles. The van der Waals surface area contributed by atoms with Gasteiger partial charge in [-0.2, -0.15) is 12.1 Å². The molecule has 10 rings (SSSR count). The summed E-state index contributed by atoms with van der Waals surface area (Å²) < 4.78 is 0. The van der Waals surface area contributed by atoms with E-state index in [1.165, 1.54) is 141 Å². The fourth-order valence-electron chi connectivity index (χ4n) is 9.53. The summed E-state index contributed by atoms with van der Waals surface area (Å²) in [5.41, 5.74) is 13.6. The monoisotopic (exact) mass is 916 g/mol. The minimum absolute atomic E-state index is 0.826. The normalized spacial score (nSPS) is 13.8. The first-order valence-corrected chi connectivity index (χ1v) is 30.1. The van der Waals surface area contributed by atoms with Crippen molar-refractivity contribution in [2.75, 3.05) is 0 Å². The summed E-state index contributed by atoms with van der Waals surface area (Å²) in [5.74, 6) is 1.75. The Kier molecular flexibility index (Phi) is 16.9. The van der Waals surface area contributed by atoms with Crippen LogP contribution >= 0.6 is 17.0 Å². The average Bonchev–Trinajstić information content (AvgIpc) is 4.14. The van der Waals surface area contributed by atoms with Crippen molar-refractivity contribution in [3.8, 4) is 44.5 Å². The second-order valence-electron chi connectivity index (χ2n) is 16.4. The molecule has 0 aromatic heterocycles. The second kappa shape index (κ2) is 22.9. The Balaban J connectivity index is 0.000000161. The third kappa shape index (κ3) is 11.4. The van der Waals surface area contributed by atoms with Gasteiger partial charge in [0.2, 0.25) is 0 Å². The van der Waals surface area contributed by atoms with Gasteiger partial charge < -0.3 is 0 Å². The molecule has 2 fully saturated rings. The molecule has 0 atom stereocenters. The van der Waals surface area contributed by atoms with Crippen molar-refractivity contribution < 1.29 is 20.8 Å². The van der Waals surface area contributed by atoms with Crippen molar-refractivity contribution in [3.63, 3.8) is 0 Å². The molecular formula is C56H56Cl2SiZr. The van der Waals surface area contributed by atoms with Crippen LogP contribution in [0.1, 0.15) is 62.5 Å². The summed E-state index contributed by atoms with van der Waals surface area (Å²) in [4.78, 5) is 0. The molecule has 8 aromatic rings. The molecule has 4 heteroatoms. The fraction of sp³-hybridized carbons (Fsp3) is 0.250. The van der Waals surface area contributed by atoms with Gasteiger partial charge in [-0.05, 0) is 35.8 Å². The zero-order valence-corrected chi connectivity index (χ0v) is 40.1. The molecule has 302 valence electrons. The third-order valence-electron chi connectivity index (χ3n) is 12.2. The molecule has 0 saturated heterocycles. The SMILES string of the molecule is C[Si]C.[Cl][Zr+2][Cl].c1ccc(-c2ccc(-c3ccccc3)c3[cH-]c(CC4CCCC4)cc23)cc1.c1ccc(-c2ccc(-c3ccccc3)c3[cH-]c(CC4CCCC4)cc23)cc1. The molecule has 0 unspecified atom stereocenters. The maximum Gasteiger partial charge on any atom is -0.0279 e. The van der Waals surface area contributed by atoms with E-state index < -0.39 is 20.8 Å². The Hall–Kier alpha value is -3.78. The van der Waals surface area contributed by atoms with Gasteiger partial charge in [-0.25, -0.2) is 0 Å². The van der Waals surface area contributed by atoms with Crippen molar-refractivity contribution >= 4 is 48.1 Å². The third-order valence-corrected chi connectivity index (χ3v) is 12.2. The van der Waals surface area contributed by atoms with Crippen LogP contribution < -0.4 is 0 Å². The van der Waals surface area contributed by atoms with Crippen LogP contribution in [0.3, 0.4) is 0 Å². The molecule has 60 heavy (non-hydrogen) atoms. The van der Waals surface area contributed by atoms with Crippen molar-refractivity contribution in [2.24, 2.45) is 11.8 Å². The molecule has 0 N–H and O–H groups in total. The van der Waals surface area contributed by atoms with E-state index in [0.29, 0.717) is 0 Å². The molecule has 0 nitrogen and oxygen atoms in total. The molecule has 0 bridgehead atoms. The molecular weight excluding hydrogens is 863 g/mol. The van der Waals surface area contributed by atoms with Crippen molar-refractivity contribution in [1.82, 2.24) is 0 Å². The molecule has 2 radical (unpaired) electrons. The molecule has 0 amide bonds. The minimum Gasteiger partial charge on any atom is -0.164 e. The Morgan fingerprint density at radius 1 is 0.450 bits per heavy atom. The molecule has 2 saturated carbocycles. The van der Waals surface area contributed by atoms with Crippen LogP contribution in [-0.4, -0.2) is 9.52 Å². The average molecular weight is 919 g/mol. The quantitative estimate of drug-likeness (QED) is 0.105. The first-order valence-electron chi connectivity index (χ1n) is 21.8. The van der Waals surface area contributed by atoms with Crippen molar-refractivity contribution in [3.05, 3.63) is 181 Å². The van der Waals surface area contributed by atoms with Crippen molar-refractivity contribution in [1.29, 1.82) is 0 Å². The van der Waals surface area contributed by atoms with Gasteiger partial charge in [-0.1, -0.05) is 243 Å². The van der Waals surface area contributed by atoms with E-state index in [9.17, 15) is 0 Å². The zero-order valence-electron chi connectivity index (χ0n) is 35.1. The van der Waals surface area contributed by atoms with Crippen LogP contribution in [0.2, 0.25) is 13.1 Å². The standard InChI is InChI=1S/2C27H25.C2H6Si.2ClH.Zr/c2*1-3-11-22(12-4-1)24-15-16-25(23-13-5-2-6-14-23)27-19-21(18-26(24)27)17-20-9-7-8-10-20;1-3-2;;;/h2*1-6,11-16,18-20H,7-10,17H2;1-2H3;2*1H;/q2*-1;;;;+4/p-2. The second-order valence-corrected chi connectivity index (χ2v) is 21.2. The predicted octanol–water partition coefficient (Wildman–Crippen LogP) is 17.4. The van der Waals surface area contributed by atoms with Crippen LogP contribution in [0.25, 0.3) is 66.1 Å². The van der Waals surface area contributed by atoms with Crippen LogP contribution in [0.5, 0.6) is 0 Å². The summed E-state index contributed by atoms with van der Waals surface area (Å²) in [5, 5.41) is 5.59. The van der Waals surface area contributed by atoms with Gasteiger partial charge in [0, 0.05) is 9.52 Å². The van der Waals surface area contributed by atoms with Crippen LogP contribution in [-0.2, 0) is 33.7 Å². The van der Waals surface area contributed by atoms with E-state index >= 15 is 0 Å². The first kappa shape index (κ1) is 44.3. The summed E-state index contributed by atoms with van der Waals surface area (Å²) in [6.45, 7) is 4.31. The summed E-state index contributed by atoms with van der Waals surface area (Å²) >= 11 is -0.826. The largest absolute Gasteiger partial charge is 0.164 e. The van der Waals surface area contributed by atoms with Crippen LogP contribution in [0, 0.1) is 11.8 Å². The van der Waals surface area contributed by atoms with E-state index in [2.05, 4.69) is 183 Å². The number of halogens is 2. The van der Waals surface area contributed by atoms with E-state index in [1.54, 1.807) is 0 Å². The molecule has 0 aliphatic heterocycles. The maximum atomic E-state index is 4.93. The first-order chi connectivity index (χ1) is 29.6. The van der Waals surface area contributed by atoms with E-state index in [1.807, 2.05) is 0 Å². The smallest absolute Gasteiger partial charge is 0.0279 e.